The first-order valence-corrected chi connectivity index (χ1v) is 3.93. The first-order chi connectivity index (χ1) is 7.11. The first kappa shape index (κ1) is 10.6. The Labute approximate surface area is 84.7 Å². The van der Waals surface area contributed by atoms with Crippen molar-refractivity contribution >= 4 is 17.9 Å². The number of primary amides is 1. The summed E-state index contributed by atoms with van der Waals surface area (Å²) < 4.78 is 0. The molecule has 0 unspecified atom stereocenters. The second-order valence-electron chi connectivity index (χ2n) is 2.55. The Hall–Kier alpha value is -2.44. The summed E-state index contributed by atoms with van der Waals surface area (Å²) in [6, 6.07) is 5.18. The Balaban J connectivity index is 2.89. The highest BCUT2D eigenvalue weighted by Crippen LogP contribution is 2.14. The number of nitrogens with zero attached hydrogens (tertiary/aromatic N) is 2. The summed E-state index contributed by atoms with van der Waals surface area (Å²) >= 11 is 0. The quantitative estimate of drug-likeness (QED) is 0.251. The van der Waals surface area contributed by atoms with Gasteiger partial charge in [-0.05, 0) is 6.07 Å². The number of hydrogen-bond donors (Lipinski definition) is 2. The van der Waals surface area contributed by atoms with Crippen LogP contribution < -0.4 is 11.2 Å². The van der Waals surface area contributed by atoms with Gasteiger partial charge in [0, 0.05) is 6.07 Å². The maximum atomic E-state index is 10.6. The van der Waals surface area contributed by atoms with Crippen molar-refractivity contribution < 1.29 is 9.72 Å². The normalized spacial score (nSPS) is 10.1. The number of benzene rings is 1. The van der Waals surface area contributed by atoms with E-state index in [-0.39, 0.29) is 11.3 Å². The van der Waals surface area contributed by atoms with E-state index < -0.39 is 11.0 Å². The van der Waals surface area contributed by atoms with Crippen LogP contribution in [0.4, 0.5) is 10.5 Å². The van der Waals surface area contributed by atoms with Crippen molar-refractivity contribution in [2.75, 3.05) is 0 Å². The van der Waals surface area contributed by atoms with E-state index in [9.17, 15) is 14.9 Å². The monoisotopic (exact) mass is 211 g/mol. The first-order valence-electron chi connectivity index (χ1n) is 3.93. The lowest BCUT2D eigenvalue weighted by Crippen LogP contribution is -2.24. The third kappa shape index (κ3) is 3.07. The van der Waals surface area contributed by atoms with Gasteiger partial charge in [-0.2, -0.15) is 5.10 Å². The summed E-state index contributed by atoms with van der Waals surface area (Å²) in [5.41, 5.74) is 6.90. The predicted molar refractivity (Wildman–Crippen MR) is 53.4 cm³/mol. The largest absolute Gasteiger partial charge is 0.350 e. The predicted octanol–water partition coefficient (Wildman–Crippen LogP) is 0.597. The molecule has 0 radical (unpaired) electrons. The lowest BCUT2D eigenvalue weighted by molar-refractivity contribution is -0.385. The number of amides is 2. The van der Waals surface area contributed by atoms with Crippen molar-refractivity contribution in [3.63, 3.8) is 0 Å². The zero-order valence-corrected chi connectivity index (χ0v) is 7.58. The molecule has 0 aliphatic rings. The minimum atomic E-state index is -0.829. The minimum absolute atomic E-state index is 0.0903. The standard InChI is InChI=1S/C8H8N4O3/c9-8(13)11-10-5-6-3-1-2-4-7(6)12(14)15/h1-5H,(H3,9,11,13)/b10-5+/i5+1,10+1,12+1. The number of hydrogen-bond acceptors (Lipinski definition) is 4. The van der Waals surface area contributed by atoms with Crippen LogP contribution in [0.1, 0.15) is 5.56 Å². The second kappa shape index (κ2) is 4.70. The number of carbonyl (C=O) groups excluding carboxylic acids is 1. The molecule has 0 heterocycles. The summed E-state index contributed by atoms with van der Waals surface area (Å²) in [7, 11) is 0. The van der Waals surface area contributed by atoms with E-state index in [0.717, 1.165) is 6.21 Å². The average molecular weight is 211 g/mol. The van der Waals surface area contributed by atoms with Crippen molar-refractivity contribution in [3.8, 4) is 0 Å². The van der Waals surface area contributed by atoms with E-state index in [2.05, 4.69) is 5.10 Å². The number of para-hydroxylation sites is 1. The van der Waals surface area contributed by atoms with E-state index in [1.807, 2.05) is 5.43 Å². The molecule has 0 bridgehead atoms. The Morgan fingerprint density at radius 1 is 1.53 bits per heavy atom. The van der Waals surface area contributed by atoms with Gasteiger partial charge in [-0.1, -0.05) is 12.1 Å². The second-order valence-corrected chi connectivity index (χ2v) is 2.55. The number of urea groups is 1. The van der Waals surface area contributed by atoms with Gasteiger partial charge >= 0.3 is 6.03 Å². The lowest BCUT2D eigenvalue weighted by Gasteiger charge is -1.95. The van der Waals surface area contributed by atoms with Gasteiger partial charge in [-0.15, -0.1) is 0 Å². The van der Waals surface area contributed by atoms with Crippen molar-refractivity contribution in [2.45, 2.75) is 0 Å². The van der Waals surface area contributed by atoms with E-state index in [0.29, 0.717) is 0 Å². The van der Waals surface area contributed by atoms with Crippen molar-refractivity contribution in [1.29, 1.82) is 0 Å². The molecule has 0 aliphatic carbocycles. The van der Waals surface area contributed by atoms with Crippen LogP contribution in [0, 0.1) is 10.1 Å². The van der Waals surface area contributed by atoms with Gasteiger partial charge in [0.2, 0.25) is 0 Å². The average Bonchev–Trinajstić information content (AvgIpc) is 2.17. The van der Waals surface area contributed by atoms with Crippen molar-refractivity contribution in [1.82, 2.24) is 5.43 Å². The summed E-state index contributed by atoms with van der Waals surface area (Å²) in [6.07, 6.45) is 1.16. The van der Waals surface area contributed by atoms with Crippen molar-refractivity contribution in [2.24, 2.45) is 10.8 Å². The molecule has 0 aromatic heterocycles. The molecule has 0 fully saturated rings. The molecule has 2 amide bonds. The molecular weight excluding hydrogens is 203 g/mol. The maximum absolute atomic E-state index is 10.6. The zero-order chi connectivity index (χ0) is 11.3. The molecule has 3 N–H and O–H groups in total. The topological polar surface area (TPSA) is 111 Å². The van der Waals surface area contributed by atoms with Crippen LogP contribution in [0.3, 0.4) is 0 Å². The van der Waals surface area contributed by atoms with Crippen LogP contribution in [-0.2, 0) is 0 Å². The minimum Gasteiger partial charge on any atom is -0.350 e. The fraction of sp³-hybridized carbons (Fsp3) is 0. The third-order valence-corrected chi connectivity index (χ3v) is 1.51. The van der Waals surface area contributed by atoms with Crippen LogP contribution in [0.15, 0.2) is 29.4 Å². The maximum Gasteiger partial charge on any atom is 0.332 e. The number of rotatable bonds is 3. The molecule has 78 valence electrons. The lowest BCUT2D eigenvalue weighted by atomic mass is 10.3. The van der Waals surface area contributed by atoms with Crippen LogP contribution >= 0.6 is 0 Å². The van der Waals surface area contributed by atoms with Gasteiger partial charge in [0.25, 0.3) is 5.69 Å². The molecule has 1 aromatic rings. The summed E-state index contributed by atoms with van der Waals surface area (Å²) in [6.45, 7) is 0. The third-order valence-electron chi connectivity index (χ3n) is 1.51. The smallest absolute Gasteiger partial charge is 0.332 e. The highest BCUT2D eigenvalue weighted by molar-refractivity contribution is 5.86. The van der Waals surface area contributed by atoms with Crippen molar-refractivity contribution in [3.05, 3.63) is 39.9 Å². The zero-order valence-electron chi connectivity index (χ0n) is 7.58. The number of nitro benzene ring substituents is 1. The fourth-order valence-electron chi connectivity index (χ4n) is 0.928. The number of nitrogens with two attached hydrogens (primary N) is 1. The highest BCUT2D eigenvalue weighted by atomic mass is 16.9. The molecule has 1 rings (SSSR count). The van der Waals surface area contributed by atoms with Gasteiger partial charge < -0.3 is 5.73 Å². The number of hydrazone groups is 1. The molecule has 0 spiro atoms. The molecule has 7 heteroatoms. The molecule has 0 saturated carbocycles. The Morgan fingerprint density at radius 3 is 2.80 bits per heavy atom. The number of nitro groups is 1. The molecule has 7 nitrogen and oxygen atoms in total. The van der Waals surface area contributed by atoms with Crippen LogP contribution in [0.25, 0.3) is 0 Å². The highest BCUT2D eigenvalue weighted by Gasteiger charge is 2.09. The van der Waals surface area contributed by atoms with E-state index in [1.54, 1.807) is 6.07 Å². The Kier molecular flexibility index (Phi) is 3.33. The number of carbonyl (C=O) groups is 1. The Morgan fingerprint density at radius 2 is 2.20 bits per heavy atom. The van der Waals surface area contributed by atoms with Gasteiger partial charge in [-0.3, -0.25) is 10.1 Å². The summed E-state index contributed by atoms with van der Waals surface area (Å²) in [5.74, 6) is 0. The summed E-state index contributed by atoms with van der Waals surface area (Å²) in [5, 5.41) is 14.0. The van der Waals surface area contributed by atoms with E-state index in [1.165, 1.54) is 18.2 Å². The molecule has 0 atom stereocenters. The van der Waals surface area contributed by atoms with Gasteiger partial charge in [-0.25, -0.2) is 10.2 Å². The van der Waals surface area contributed by atoms with E-state index in [4.69, 9.17) is 5.73 Å². The molecule has 0 saturated heterocycles. The Bertz CT molecular complexity index is 416. The fourth-order valence-corrected chi connectivity index (χ4v) is 0.928. The van der Waals surface area contributed by atoms with Gasteiger partial charge in [0.1, 0.15) is 0 Å². The molecule has 15 heavy (non-hydrogen) atoms. The van der Waals surface area contributed by atoms with E-state index >= 15 is 0 Å². The van der Waals surface area contributed by atoms with Crippen LogP contribution in [0.2, 0.25) is 0 Å². The SMILES string of the molecule is NC(=O)N/[15N]=[13CH]/c1ccccc1[15N+](=O)[O-]. The molecular formula is C8H8N4O3. The number of nitrogens with one attached hydrogen (secondary N) is 1. The van der Waals surface area contributed by atoms with Crippen LogP contribution in [0.5, 0.6) is 0 Å². The van der Waals surface area contributed by atoms with Crippen LogP contribution in [-0.4, -0.2) is 17.2 Å². The van der Waals surface area contributed by atoms with Gasteiger partial charge in [0.15, 0.2) is 0 Å². The molecule has 1 aromatic carbocycles. The summed E-state index contributed by atoms with van der Waals surface area (Å²) in [4.78, 5) is 20.3. The van der Waals surface area contributed by atoms with Gasteiger partial charge in [0.05, 0.1) is 16.7 Å². The molecule has 0 aliphatic heterocycles.